The molecule has 0 fully saturated rings. The number of rotatable bonds is 11. The molecule has 0 atom stereocenters. The molecular formula is C93H95N7. The maximum Gasteiger partial charge on any atom is 0.148 e. The van der Waals surface area contributed by atoms with Crippen LogP contribution in [0.5, 0.6) is 0 Å². The first-order valence-electron chi connectivity index (χ1n) is 36.4. The quantitative estimate of drug-likeness (QED) is 0.129. The van der Waals surface area contributed by atoms with Crippen molar-refractivity contribution in [3.05, 3.63) is 256 Å². The molecule has 0 aliphatic heterocycles. The molecule has 5 heterocycles. The lowest BCUT2D eigenvalue weighted by atomic mass is 9.59. The average molecular weight is 1310 g/mol. The zero-order chi connectivity index (χ0) is 70.2. The van der Waals surface area contributed by atoms with Gasteiger partial charge in [0.25, 0.3) is 0 Å². The fraction of sp³-hybridized carbons (Fsp3) is 0.323. The topological polar surface area (TPSA) is 73.3 Å². The monoisotopic (exact) mass is 1310 g/mol. The maximum absolute atomic E-state index is 5.61. The van der Waals surface area contributed by atoms with E-state index in [0.717, 1.165) is 115 Å². The Morgan fingerprint density at radius 1 is 0.310 bits per heavy atom. The van der Waals surface area contributed by atoms with Crippen LogP contribution in [0.15, 0.2) is 200 Å². The predicted octanol–water partition coefficient (Wildman–Crippen LogP) is 23.5. The molecule has 2 aliphatic carbocycles. The number of fused-ring (bicyclic) bond motifs is 12. The molecule has 0 saturated heterocycles. The van der Waals surface area contributed by atoms with Gasteiger partial charge in [0, 0.05) is 33.4 Å². The second-order valence-electron chi connectivity index (χ2n) is 34.7. The summed E-state index contributed by atoms with van der Waals surface area (Å²) in [5.74, 6) is 2.06. The van der Waals surface area contributed by atoms with E-state index in [4.69, 9.17) is 24.9 Å². The Hall–Kier alpha value is -9.59. The summed E-state index contributed by atoms with van der Waals surface area (Å²) in [5.41, 5.74) is 30.2. The smallest absolute Gasteiger partial charge is 0.148 e. The summed E-state index contributed by atoms with van der Waals surface area (Å²) < 4.78 is 4.75. The fourth-order valence-electron chi connectivity index (χ4n) is 17.2. The molecule has 7 nitrogen and oxygen atoms in total. The van der Waals surface area contributed by atoms with Crippen LogP contribution in [0.25, 0.3) is 111 Å². The number of aromatic nitrogens is 7. The van der Waals surface area contributed by atoms with E-state index in [9.17, 15) is 0 Å². The van der Waals surface area contributed by atoms with E-state index in [1.54, 1.807) is 0 Å². The normalized spacial score (nSPS) is 16.5. The first-order valence-corrected chi connectivity index (χ1v) is 36.4. The van der Waals surface area contributed by atoms with Gasteiger partial charge in [-0.3, -0.25) is 13.8 Å². The molecule has 502 valence electrons. The van der Waals surface area contributed by atoms with E-state index >= 15 is 0 Å². The largest absolute Gasteiger partial charge is 0.279 e. The summed E-state index contributed by atoms with van der Waals surface area (Å²) in [4.78, 5) is 27.1. The van der Waals surface area contributed by atoms with Crippen molar-refractivity contribution in [1.29, 1.82) is 0 Å². The average Bonchev–Trinajstić information content (AvgIpc) is 1.53. The second-order valence-corrected chi connectivity index (χ2v) is 34.7. The van der Waals surface area contributed by atoms with Gasteiger partial charge in [-0.2, -0.15) is 0 Å². The number of hydrogen-bond acceptors (Lipinski definition) is 5. The van der Waals surface area contributed by atoms with Crippen molar-refractivity contribution in [3.63, 3.8) is 0 Å². The van der Waals surface area contributed by atoms with Crippen LogP contribution in [0, 0.1) is 10.8 Å². The SMILES string of the molecule is CC(C)(C)c1nc2cc(CCc3cc(CCc4ccc5c(c4)nc(C(C)(C)C)n4c6cc7c(cc6nc54)C(C)(C)C(C)(C)C7(C)C)cc(-c4ccccc4-c4ccc(-c5cc(-c6ccc(-c7ccccc7)cc6)ccn5)cc4)c3)ccc2c2nc3cc4c(cc3n12)C(C)(C)C(C)(C)C4(C)C. The molecule has 100 heavy (non-hydrogen) atoms. The molecule has 0 spiro atoms. The Morgan fingerprint density at radius 3 is 1.16 bits per heavy atom. The third kappa shape index (κ3) is 10.0. The highest BCUT2D eigenvalue weighted by Crippen LogP contribution is 2.63. The summed E-state index contributed by atoms with van der Waals surface area (Å²) >= 11 is 0. The summed E-state index contributed by atoms with van der Waals surface area (Å²) in [6.07, 6.45) is 5.37. The minimum atomic E-state index is -0.243. The van der Waals surface area contributed by atoms with Crippen LogP contribution in [0.4, 0.5) is 0 Å². The number of pyridine rings is 1. The Balaban J connectivity index is 0.748. The van der Waals surface area contributed by atoms with Gasteiger partial charge in [0.1, 0.15) is 22.9 Å². The molecule has 7 heteroatoms. The van der Waals surface area contributed by atoms with Crippen LogP contribution in [0.1, 0.15) is 181 Å². The van der Waals surface area contributed by atoms with Gasteiger partial charge in [-0.15, -0.1) is 0 Å². The van der Waals surface area contributed by atoms with Gasteiger partial charge in [-0.25, -0.2) is 19.9 Å². The van der Waals surface area contributed by atoms with Gasteiger partial charge < -0.3 is 0 Å². The van der Waals surface area contributed by atoms with Crippen LogP contribution in [-0.4, -0.2) is 33.7 Å². The summed E-state index contributed by atoms with van der Waals surface area (Å²) in [5, 5.41) is 2.16. The number of imidazole rings is 2. The van der Waals surface area contributed by atoms with Crippen molar-refractivity contribution >= 4 is 55.2 Å². The summed E-state index contributed by atoms with van der Waals surface area (Å²) in [6.45, 7) is 42.8. The molecule has 0 N–H and O–H groups in total. The fourth-order valence-corrected chi connectivity index (χ4v) is 17.2. The third-order valence-corrected chi connectivity index (χ3v) is 25.6. The number of nitrogens with zero attached hydrogens (tertiary/aromatic N) is 7. The van der Waals surface area contributed by atoms with Gasteiger partial charge in [0.2, 0.25) is 0 Å². The van der Waals surface area contributed by atoms with Crippen molar-refractivity contribution in [2.45, 2.75) is 183 Å². The molecular weight excluding hydrogens is 1220 g/mol. The van der Waals surface area contributed by atoms with Gasteiger partial charge in [0.15, 0.2) is 0 Å². The van der Waals surface area contributed by atoms with E-state index in [0.29, 0.717) is 0 Å². The molecule has 2 aliphatic rings. The van der Waals surface area contributed by atoms with Crippen LogP contribution in [0.3, 0.4) is 0 Å². The number of aryl methyl sites for hydroxylation is 4. The second kappa shape index (κ2) is 22.5. The van der Waals surface area contributed by atoms with Crippen LogP contribution in [0.2, 0.25) is 0 Å². The Kier molecular flexibility index (Phi) is 14.6. The highest BCUT2D eigenvalue weighted by Gasteiger charge is 2.58. The molecule has 0 bridgehead atoms. The third-order valence-electron chi connectivity index (χ3n) is 25.6. The zero-order valence-electron chi connectivity index (χ0n) is 62.0. The summed E-state index contributed by atoms with van der Waals surface area (Å²) in [6, 6.07) is 72.6. The first kappa shape index (κ1) is 65.0. The van der Waals surface area contributed by atoms with Gasteiger partial charge >= 0.3 is 0 Å². The molecule has 9 aromatic carbocycles. The molecule has 5 aromatic heterocycles. The van der Waals surface area contributed by atoms with Crippen LogP contribution in [-0.2, 0) is 58.2 Å². The van der Waals surface area contributed by atoms with Crippen molar-refractivity contribution in [2.24, 2.45) is 10.8 Å². The van der Waals surface area contributed by atoms with Gasteiger partial charge in [-0.05, 0) is 208 Å². The van der Waals surface area contributed by atoms with Gasteiger partial charge in [-0.1, -0.05) is 258 Å². The Labute approximate surface area is 591 Å². The predicted molar refractivity (Wildman–Crippen MR) is 419 cm³/mol. The lowest BCUT2D eigenvalue weighted by Gasteiger charge is -2.44. The molecule has 0 unspecified atom stereocenters. The zero-order valence-corrected chi connectivity index (χ0v) is 62.0. The van der Waals surface area contributed by atoms with Crippen LogP contribution >= 0.6 is 0 Å². The Morgan fingerprint density at radius 2 is 0.700 bits per heavy atom. The molecule has 0 amide bonds. The highest BCUT2D eigenvalue weighted by molar-refractivity contribution is 5.99. The van der Waals surface area contributed by atoms with Crippen molar-refractivity contribution in [1.82, 2.24) is 33.7 Å². The minimum absolute atomic E-state index is 0.0222. The molecule has 0 saturated carbocycles. The summed E-state index contributed by atoms with van der Waals surface area (Å²) in [7, 11) is 0. The van der Waals surface area contributed by atoms with E-state index in [-0.39, 0.29) is 43.3 Å². The molecule has 0 radical (unpaired) electrons. The molecule has 14 aromatic rings. The van der Waals surface area contributed by atoms with Crippen LogP contribution < -0.4 is 0 Å². The standard InChI is InChI=1S/C93H95N7/c1-86(2,3)84-97-76-49-56(32-42-69(76)82-95-78-52-71-73(54-80(78)99(82)84)90(11,12)92(15,16)88(71,7)8)28-30-58-46-59(31-29-57-33-43-70-77(50-57)98-85(87(4,5)6)100-81-55-74-72(53-79(81)96-83(70)100)89(9,10)93(17,18)91(74,13)14)48-66(47-58)68-27-23-22-26-67(68)63-38-40-64(41-39-63)75-51-65(44-45-94-75)62-36-34-61(35-37-62)60-24-20-19-21-25-60/h19-27,32-55H,28-31H2,1-18H3. The first-order chi connectivity index (χ1) is 47.3. The van der Waals surface area contributed by atoms with Crippen molar-refractivity contribution < 1.29 is 0 Å². The van der Waals surface area contributed by atoms with E-state index in [2.05, 4.69) is 328 Å². The lowest BCUT2D eigenvalue weighted by molar-refractivity contribution is 0.125. The number of hydrogen-bond donors (Lipinski definition) is 0. The van der Waals surface area contributed by atoms with Gasteiger partial charge in [0.05, 0.1) is 38.8 Å². The Bertz CT molecular complexity index is 5420. The number of benzene rings is 9. The van der Waals surface area contributed by atoms with E-state index in [1.165, 1.54) is 77.9 Å². The van der Waals surface area contributed by atoms with Crippen molar-refractivity contribution in [2.75, 3.05) is 0 Å². The maximum atomic E-state index is 5.61. The lowest BCUT2D eigenvalue weighted by Crippen LogP contribution is -2.42. The highest BCUT2D eigenvalue weighted by atomic mass is 15.1. The minimum Gasteiger partial charge on any atom is -0.279 e. The van der Waals surface area contributed by atoms with Crippen molar-refractivity contribution in [3.8, 4) is 55.8 Å². The van der Waals surface area contributed by atoms with E-state index in [1.807, 2.05) is 6.20 Å². The van der Waals surface area contributed by atoms with E-state index < -0.39 is 0 Å². The molecule has 16 rings (SSSR count).